The van der Waals surface area contributed by atoms with Crippen molar-refractivity contribution in [3.63, 3.8) is 0 Å². The highest BCUT2D eigenvalue weighted by molar-refractivity contribution is 6.32. The predicted octanol–water partition coefficient (Wildman–Crippen LogP) is 8.05. The number of carbonyl (C=O) groups is 3. The summed E-state index contributed by atoms with van der Waals surface area (Å²) in [5.74, 6) is -1.98. The van der Waals surface area contributed by atoms with Gasteiger partial charge in [0.05, 0.1) is 12.2 Å². The van der Waals surface area contributed by atoms with Crippen molar-refractivity contribution in [2.24, 2.45) is 0 Å². The first kappa shape index (κ1) is 33.8. The molecule has 2 aromatic carbocycles. The summed E-state index contributed by atoms with van der Waals surface area (Å²) < 4.78 is 43.6. The summed E-state index contributed by atoms with van der Waals surface area (Å²) >= 11 is 0. The molecular formula is C32H43F3N2O4. The van der Waals surface area contributed by atoms with Crippen LogP contribution in [-0.4, -0.2) is 29.3 Å². The van der Waals surface area contributed by atoms with Crippen LogP contribution in [-0.2, 0) is 38.4 Å². The summed E-state index contributed by atoms with van der Waals surface area (Å²) in [4.78, 5) is 38.4. The average Bonchev–Trinajstić information content (AvgIpc) is 2.94. The topological polar surface area (TPSA) is 75.7 Å². The Kier molecular flexibility index (Phi) is 15.0. The van der Waals surface area contributed by atoms with E-state index in [9.17, 15) is 27.6 Å². The van der Waals surface area contributed by atoms with Gasteiger partial charge in [-0.3, -0.25) is 9.59 Å². The third-order valence-corrected chi connectivity index (χ3v) is 6.76. The number of esters is 1. The maximum Gasteiger partial charge on any atom is 0.416 e. The van der Waals surface area contributed by atoms with Gasteiger partial charge in [-0.05, 0) is 48.7 Å². The summed E-state index contributed by atoms with van der Waals surface area (Å²) in [6.07, 6.45) is 7.98. The number of nitrogens with one attached hydrogen (secondary N) is 1. The Hall–Kier alpha value is -3.36. The SMILES string of the molecule is CCCCCCCCCCCCC(=O)Nc1ccc(CN(Cc2ccc(C(F)(F)F)cc2)C(=O)C(=O)OCC)cc1. The molecule has 41 heavy (non-hydrogen) atoms. The highest BCUT2D eigenvalue weighted by Gasteiger charge is 2.30. The van der Waals surface area contributed by atoms with Gasteiger partial charge in [-0.1, -0.05) is 89.0 Å². The number of ether oxygens (including phenoxy) is 1. The van der Waals surface area contributed by atoms with Crippen LogP contribution >= 0.6 is 0 Å². The molecule has 2 rings (SSSR count). The molecule has 0 bridgehead atoms. The minimum atomic E-state index is -4.47. The molecule has 9 heteroatoms. The number of alkyl halides is 3. The fourth-order valence-corrected chi connectivity index (χ4v) is 4.45. The van der Waals surface area contributed by atoms with Crippen LogP contribution in [0.1, 0.15) is 101 Å². The molecule has 0 aromatic heterocycles. The summed E-state index contributed by atoms with van der Waals surface area (Å²) in [6.45, 7) is 3.77. The van der Waals surface area contributed by atoms with Gasteiger partial charge in [0.2, 0.25) is 5.91 Å². The van der Waals surface area contributed by atoms with E-state index in [-0.39, 0.29) is 25.6 Å². The van der Waals surface area contributed by atoms with Gasteiger partial charge in [0.25, 0.3) is 0 Å². The predicted molar refractivity (Wildman–Crippen MR) is 154 cm³/mol. The van der Waals surface area contributed by atoms with Gasteiger partial charge in [0.1, 0.15) is 0 Å². The van der Waals surface area contributed by atoms with Gasteiger partial charge < -0.3 is 15.0 Å². The van der Waals surface area contributed by atoms with Gasteiger partial charge in [-0.25, -0.2) is 4.79 Å². The Labute approximate surface area is 241 Å². The van der Waals surface area contributed by atoms with E-state index in [1.807, 2.05) is 0 Å². The van der Waals surface area contributed by atoms with Crippen LogP contribution in [0.15, 0.2) is 48.5 Å². The van der Waals surface area contributed by atoms with Crippen LogP contribution in [0.5, 0.6) is 0 Å². The number of benzene rings is 2. The summed E-state index contributed by atoms with van der Waals surface area (Å²) in [5, 5.41) is 2.88. The van der Waals surface area contributed by atoms with Crippen LogP contribution in [0, 0.1) is 0 Å². The lowest BCUT2D eigenvalue weighted by Gasteiger charge is -2.22. The van der Waals surface area contributed by atoms with Crippen molar-refractivity contribution in [1.82, 2.24) is 4.90 Å². The van der Waals surface area contributed by atoms with E-state index >= 15 is 0 Å². The van der Waals surface area contributed by atoms with Crippen LogP contribution < -0.4 is 5.32 Å². The zero-order valence-corrected chi connectivity index (χ0v) is 24.2. The van der Waals surface area contributed by atoms with Crippen molar-refractivity contribution in [1.29, 1.82) is 0 Å². The van der Waals surface area contributed by atoms with Crippen LogP contribution in [0.2, 0.25) is 0 Å². The number of nitrogens with zero attached hydrogens (tertiary/aromatic N) is 1. The van der Waals surface area contributed by atoms with E-state index in [4.69, 9.17) is 4.74 Å². The quantitative estimate of drug-likeness (QED) is 0.117. The van der Waals surface area contributed by atoms with Crippen molar-refractivity contribution >= 4 is 23.5 Å². The molecule has 0 unspecified atom stereocenters. The number of rotatable bonds is 17. The summed E-state index contributed by atoms with van der Waals surface area (Å²) in [7, 11) is 0. The largest absolute Gasteiger partial charge is 0.459 e. The average molecular weight is 577 g/mol. The number of anilines is 1. The van der Waals surface area contributed by atoms with Crippen molar-refractivity contribution in [3.8, 4) is 0 Å². The molecule has 0 saturated heterocycles. The van der Waals surface area contributed by atoms with Gasteiger partial charge in [-0.2, -0.15) is 13.2 Å². The maximum atomic E-state index is 12.9. The molecule has 0 spiro atoms. The molecule has 6 nitrogen and oxygen atoms in total. The monoisotopic (exact) mass is 576 g/mol. The molecule has 1 N–H and O–H groups in total. The molecule has 0 aliphatic rings. The highest BCUT2D eigenvalue weighted by atomic mass is 19.4. The van der Waals surface area contributed by atoms with Crippen molar-refractivity contribution in [2.45, 2.75) is 104 Å². The summed E-state index contributed by atoms with van der Waals surface area (Å²) in [5.41, 5.74) is 0.945. The zero-order valence-electron chi connectivity index (χ0n) is 24.2. The lowest BCUT2D eigenvalue weighted by Crippen LogP contribution is -2.36. The van der Waals surface area contributed by atoms with Gasteiger partial charge >= 0.3 is 18.1 Å². The van der Waals surface area contributed by atoms with E-state index in [2.05, 4.69) is 12.2 Å². The lowest BCUT2D eigenvalue weighted by molar-refractivity contribution is -0.160. The number of hydrogen-bond donors (Lipinski definition) is 1. The fourth-order valence-electron chi connectivity index (χ4n) is 4.45. The molecule has 0 atom stereocenters. The second kappa shape index (κ2) is 18.1. The van der Waals surface area contributed by atoms with E-state index in [0.717, 1.165) is 31.4 Å². The van der Waals surface area contributed by atoms with E-state index in [1.54, 1.807) is 31.2 Å². The highest BCUT2D eigenvalue weighted by Crippen LogP contribution is 2.29. The van der Waals surface area contributed by atoms with E-state index in [0.29, 0.717) is 23.2 Å². The Morgan fingerprint density at radius 1 is 0.732 bits per heavy atom. The number of halogens is 3. The van der Waals surface area contributed by atoms with E-state index in [1.165, 1.54) is 62.0 Å². The van der Waals surface area contributed by atoms with Crippen molar-refractivity contribution in [2.75, 3.05) is 11.9 Å². The number of carbonyl (C=O) groups excluding carboxylic acids is 3. The molecule has 0 aliphatic heterocycles. The molecule has 0 fully saturated rings. The maximum absolute atomic E-state index is 12.9. The summed E-state index contributed by atoms with van der Waals surface area (Å²) in [6, 6.07) is 11.3. The Morgan fingerprint density at radius 2 is 1.22 bits per heavy atom. The molecule has 2 aromatic rings. The molecule has 0 aliphatic carbocycles. The molecular weight excluding hydrogens is 533 g/mol. The van der Waals surface area contributed by atoms with Gasteiger partial charge in [-0.15, -0.1) is 0 Å². The Morgan fingerprint density at radius 3 is 1.71 bits per heavy atom. The lowest BCUT2D eigenvalue weighted by atomic mass is 10.1. The Bertz CT molecular complexity index is 1070. The second-order valence-electron chi connectivity index (χ2n) is 10.3. The second-order valence-corrected chi connectivity index (χ2v) is 10.3. The fraction of sp³-hybridized carbons (Fsp3) is 0.531. The van der Waals surface area contributed by atoms with Crippen molar-refractivity contribution in [3.05, 3.63) is 65.2 Å². The first-order valence-corrected chi connectivity index (χ1v) is 14.6. The van der Waals surface area contributed by atoms with E-state index < -0.39 is 23.6 Å². The molecule has 2 amide bonds. The minimum Gasteiger partial charge on any atom is -0.459 e. The first-order chi connectivity index (χ1) is 19.6. The third-order valence-electron chi connectivity index (χ3n) is 6.76. The minimum absolute atomic E-state index is 0.0201. The van der Waals surface area contributed by atoms with Gasteiger partial charge in [0.15, 0.2) is 0 Å². The normalized spacial score (nSPS) is 11.2. The first-order valence-electron chi connectivity index (χ1n) is 14.6. The number of unbranched alkanes of at least 4 members (excludes halogenated alkanes) is 9. The Balaban J connectivity index is 1.86. The van der Waals surface area contributed by atoms with Crippen LogP contribution in [0.3, 0.4) is 0 Å². The third kappa shape index (κ3) is 13.2. The molecule has 0 saturated carbocycles. The van der Waals surface area contributed by atoms with Gasteiger partial charge in [0, 0.05) is 25.2 Å². The van der Waals surface area contributed by atoms with Crippen molar-refractivity contribution < 1.29 is 32.3 Å². The standard InChI is InChI=1S/C32H43F3N2O4/c1-3-5-6-7-8-9-10-11-12-13-14-29(38)36-28-21-17-26(18-22-28)24-37(30(39)31(40)41-4-2)23-25-15-19-27(20-16-25)32(33,34)35/h15-22H,3-14,23-24H2,1-2H3,(H,36,38). The number of hydrogen-bond acceptors (Lipinski definition) is 4. The molecule has 226 valence electrons. The number of amides is 2. The zero-order chi connectivity index (χ0) is 30.1. The molecule has 0 radical (unpaired) electrons. The molecule has 0 heterocycles. The smallest absolute Gasteiger partial charge is 0.416 e. The van der Waals surface area contributed by atoms with Crippen LogP contribution in [0.4, 0.5) is 18.9 Å². The van der Waals surface area contributed by atoms with Crippen LogP contribution in [0.25, 0.3) is 0 Å².